The van der Waals surface area contributed by atoms with E-state index in [9.17, 15) is 18.0 Å². The van der Waals surface area contributed by atoms with Crippen LogP contribution in [0.4, 0.5) is 15.3 Å². The number of amides is 3. The summed E-state index contributed by atoms with van der Waals surface area (Å²) >= 11 is 0. The predicted octanol–water partition coefficient (Wildman–Crippen LogP) is 0.202. The third-order valence-electron chi connectivity index (χ3n) is 2.38. The van der Waals surface area contributed by atoms with Crippen LogP contribution in [0.2, 0.25) is 0 Å². The summed E-state index contributed by atoms with van der Waals surface area (Å²) in [5, 5.41) is 12.4. The van der Waals surface area contributed by atoms with Crippen molar-refractivity contribution in [1.29, 1.82) is 0 Å². The molecular formula is C12H18N4O5S. The van der Waals surface area contributed by atoms with Crippen LogP contribution in [0.15, 0.2) is 29.2 Å². The zero-order chi connectivity index (χ0) is 16.6. The van der Waals surface area contributed by atoms with Gasteiger partial charge in [-0.15, -0.1) is 0 Å². The summed E-state index contributed by atoms with van der Waals surface area (Å²) in [4.78, 5) is 22.5. The number of primary sulfonamides is 1. The average Bonchev–Trinajstić information content (AvgIpc) is 2.43. The van der Waals surface area contributed by atoms with Gasteiger partial charge >= 0.3 is 12.1 Å². The van der Waals surface area contributed by atoms with Crippen molar-refractivity contribution in [3.63, 3.8) is 0 Å². The fourth-order valence-electron chi connectivity index (χ4n) is 1.45. The molecule has 0 aliphatic heterocycles. The van der Waals surface area contributed by atoms with Crippen LogP contribution in [0.1, 0.15) is 6.92 Å². The summed E-state index contributed by atoms with van der Waals surface area (Å²) in [5.74, 6) is 0. The molecule has 0 spiro atoms. The number of ether oxygens (including phenoxy) is 1. The molecule has 0 atom stereocenters. The fourth-order valence-corrected chi connectivity index (χ4v) is 2.01. The highest BCUT2D eigenvalue weighted by Gasteiger charge is 2.09. The average molecular weight is 330 g/mol. The van der Waals surface area contributed by atoms with Crippen molar-refractivity contribution in [2.24, 2.45) is 5.14 Å². The maximum Gasteiger partial charge on any atom is 0.407 e. The number of hydrogen-bond donors (Lipinski definition) is 4. The van der Waals surface area contributed by atoms with Crippen LogP contribution in [-0.4, -0.2) is 40.2 Å². The van der Waals surface area contributed by atoms with E-state index in [0.29, 0.717) is 0 Å². The third-order valence-corrected chi connectivity index (χ3v) is 3.29. The normalized spacial score (nSPS) is 10.6. The second-order valence-corrected chi connectivity index (χ2v) is 5.66. The van der Waals surface area contributed by atoms with Crippen LogP contribution < -0.4 is 21.1 Å². The van der Waals surface area contributed by atoms with Gasteiger partial charge in [0.1, 0.15) is 0 Å². The number of rotatable bonds is 6. The Hall–Kier alpha value is -2.33. The van der Waals surface area contributed by atoms with Crippen molar-refractivity contribution in [3.8, 4) is 0 Å². The first-order valence-electron chi connectivity index (χ1n) is 6.41. The zero-order valence-corrected chi connectivity index (χ0v) is 12.8. The highest BCUT2D eigenvalue weighted by atomic mass is 32.2. The minimum atomic E-state index is -3.83. The van der Waals surface area contributed by atoms with Gasteiger partial charge < -0.3 is 20.7 Å². The molecule has 1 rings (SSSR count). The number of nitrogens with one attached hydrogen (secondary N) is 3. The smallest absolute Gasteiger partial charge is 0.407 e. The topological polar surface area (TPSA) is 140 Å². The van der Waals surface area contributed by atoms with Crippen LogP contribution in [0, 0.1) is 0 Å². The maximum atomic E-state index is 11.6. The Kier molecular flexibility index (Phi) is 6.60. The molecule has 0 bridgehead atoms. The number of alkyl carbamates (subject to hydrolysis) is 1. The van der Waals surface area contributed by atoms with E-state index in [2.05, 4.69) is 20.7 Å². The summed E-state index contributed by atoms with van der Waals surface area (Å²) in [5.41, 5.74) is 0.280. The van der Waals surface area contributed by atoms with Crippen molar-refractivity contribution in [3.05, 3.63) is 24.3 Å². The molecule has 10 heteroatoms. The molecule has 0 unspecified atom stereocenters. The maximum absolute atomic E-state index is 11.6. The third kappa shape index (κ3) is 6.41. The lowest BCUT2D eigenvalue weighted by Gasteiger charge is -2.09. The Balaban J connectivity index is 2.41. The van der Waals surface area contributed by atoms with Gasteiger partial charge in [0.05, 0.1) is 11.5 Å². The molecule has 3 amide bonds. The molecule has 0 saturated heterocycles. The molecule has 22 heavy (non-hydrogen) atoms. The summed E-state index contributed by atoms with van der Waals surface area (Å²) in [7, 11) is -3.83. The minimum Gasteiger partial charge on any atom is -0.450 e. The lowest BCUT2D eigenvalue weighted by Crippen LogP contribution is -2.37. The first-order chi connectivity index (χ1) is 10.3. The number of nitrogens with two attached hydrogens (primary N) is 1. The van der Waals surface area contributed by atoms with Gasteiger partial charge in [0, 0.05) is 18.8 Å². The fraction of sp³-hybridized carbons (Fsp3) is 0.333. The Bertz CT molecular complexity index is 632. The summed E-state index contributed by atoms with van der Waals surface area (Å²) in [6.07, 6.45) is -0.564. The molecule has 0 aromatic heterocycles. The van der Waals surface area contributed by atoms with Gasteiger partial charge in [-0.2, -0.15) is 0 Å². The molecule has 0 radical (unpaired) electrons. The quantitative estimate of drug-likeness (QED) is 0.552. The van der Waals surface area contributed by atoms with Crippen LogP contribution >= 0.6 is 0 Å². The Labute approximate surface area is 128 Å². The zero-order valence-electron chi connectivity index (χ0n) is 12.0. The Morgan fingerprint density at radius 1 is 1.23 bits per heavy atom. The lowest BCUT2D eigenvalue weighted by atomic mass is 10.3. The minimum absolute atomic E-state index is 0.103. The van der Waals surface area contributed by atoms with E-state index in [1.165, 1.54) is 24.3 Å². The molecule has 9 nitrogen and oxygen atoms in total. The summed E-state index contributed by atoms with van der Waals surface area (Å²) < 4.78 is 27.0. The van der Waals surface area contributed by atoms with Crippen molar-refractivity contribution in [2.45, 2.75) is 11.8 Å². The number of hydrogen-bond acceptors (Lipinski definition) is 5. The van der Waals surface area contributed by atoms with Crippen LogP contribution in [0.5, 0.6) is 0 Å². The van der Waals surface area contributed by atoms with E-state index < -0.39 is 22.1 Å². The molecule has 0 saturated carbocycles. The van der Waals surface area contributed by atoms with E-state index in [1.54, 1.807) is 6.92 Å². The molecule has 1 aromatic rings. The van der Waals surface area contributed by atoms with Crippen molar-refractivity contribution >= 4 is 27.8 Å². The van der Waals surface area contributed by atoms with Gasteiger partial charge in [-0.25, -0.2) is 23.1 Å². The molecular weight excluding hydrogens is 312 g/mol. The molecule has 0 fully saturated rings. The van der Waals surface area contributed by atoms with Gasteiger partial charge in [0.2, 0.25) is 10.0 Å². The first-order valence-corrected chi connectivity index (χ1v) is 7.96. The standard InChI is InChI=1S/C12H18N4O5S/c1-2-21-12(18)15-7-6-14-11(17)16-9-4-3-5-10(8-9)22(13,19)20/h3-5,8H,2,6-7H2,1H3,(H,15,18)(H2,13,19,20)(H2,14,16,17). The molecule has 1 aromatic carbocycles. The number of anilines is 1. The summed E-state index contributed by atoms with van der Waals surface area (Å²) in [6, 6.07) is 4.99. The van der Waals surface area contributed by atoms with Crippen molar-refractivity contribution in [2.75, 3.05) is 25.0 Å². The van der Waals surface area contributed by atoms with E-state index in [-0.39, 0.29) is 30.3 Å². The highest BCUT2D eigenvalue weighted by Crippen LogP contribution is 2.13. The molecule has 0 aliphatic carbocycles. The van der Waals surface area contributed by atoms with Gasteiger partial charge in [-0.1, -0.05) is 6.07 Å². The monoisotopic (exact) mass is 330 g/mol. The number of benzene rings is 1. The van der Waals surface area contributed by atoms with E-state index >= 15 is 0 Å². The van der Waals surface area contributed by atoms with Crippen LogP contribution in [0.3, 0.4) is 0 Å². The lowest BCUT2D eigenvalue weighted by molar-refractivity contribution is 0.152. The van der Waals surface area contributed by atoms with Crippen LogP contribution in [-0.2, 0) is 14.8 Å². The van der Waals surface area contributed by atoms with E-state index in [4.69, 9.17) is 5.14 Å². The van der Waals surface area contributed by atoms with E-state index in [1.807, 2.05) is 0 Å². The highest BCUT2D eigenvalue weighted by molar-refractivity contribution is 7.89. The largest absolute Gasteiger partial charge is 0.450 e. The number of carbonyl (C=O) groups excluding carboxylic acids is 2. The second-order valence-electron chi connectivity index (χ2n) is 4.10. The summed E-state index contributed by atoms with van der Waals surface area (Å²) in [6.45, 7) is 2.32. The molecule has 5 N–H and O–H groups in total. The molecule has 122 valence electrons. The SMILES string of the molecule is CCOC(=O)NCCNC(=O)Nc1cccc(S(N)(=O)=O)c1. The first kappa shape index (κ1) is 17.7. The van der Waals surface area contributed by atoms with Gasteiger partial charge in [0.25, 0.3) is 0 Å². The van der Waals surface area contributed by atoms with Gasteiger partial charge in [0.15, 0.2) is 0 Å². The van der Waals surface area contributed by atoms with Crippen molar-refractivity contribution < 1.29 is 22.7 Å². The molecule has 0 aliphatic rings. The number of sulfonamides is 1. The van der Waals surface area contributed by atoms with Crippen LogP contribution in [0.25, 0.3) is 0 Å². The predicted molar refractivity (Wildman–Crippen MR) is 79.9 cm³/mol. The Morgan fingerprint density at radius 2 is 1.91 bits per heavy atom. The number of urea groups is 1. The second kappa shape index (κ2) is 8.20. The number of carbonyl (C=O) groups is 2. The molecule has 0 heterocycles. The van der Waals surface area contributed by atoms with Gasteiger partial charge in [-0.3, -0.25) is 0 Å². The van der Waals surface area contributed by atoms with Crippen molar-refractivity contribution in [1.82, 2.24) is 10.6 Å². The van der Waals surface area contributed by atoms with E-state index in [0.717, 1.165) is 0 Å². The Morgan fingerprint density at radius 3 is 2.55 bits per heavy atom. The van der Waals surface area contributed by atoms with Gasteiger partial charge in [-0.05, 0) is 25.1 Å².